The molecule has 0 aliphatic carbocycles. The zero-order valence-electron chi connectivity index (χ0n) is 19.8. The van der Waals surface area contributed by atoms with E-state index in [2.05, 4.69) is 17.9 Å². The second-order valence-corrected chi connectivity index (χ2v) is 15.5. The molecule has 0 heterocycles. The third-order valence-corrected chi connectivity index (χ3v) is 8.95. The van der Waals surface area contributed by atoms with Crippen molar-refractivity contribution in [1.82, 2.24) is 5.32 Å². The molecule has 0 spiro atoms. The van der Waals surface area contributed by atoms with E-state index < -0.39 is 48.4 Å². The van der Waals surface area contributed by atoms with Gasteiger partial charge in [0.2, 0.25) is 5.52 Å². The average molecular weight is 476 g/mol. The number of nitrogens with one attached hydrogen (secondary N) is 1. The summed E-state index contributed by atoms with van der Waals surface area (Å²) in [4.78, 5) is 11.9. The van der Waals surface area contributed by atoms with Crippen molar-refractivity contribution >= 4 is 33.1 Å². The highest BCUT2D eigenvalue weighted by molar-refractivity contribution is 7.96. The van der Waals surface area contributed by atoms with Crippen molar-refractivity contribution < 1.29 is 32.0 Å². The average Bonchev–Trinajstić information content (AvgIpc) is 2.24. The van der Waals surface area contributed by atoms with E-state index in [1.165, 1.54) is 0 Å². The van der Waals surface area contributed by atoms with Gasteiger partial charge in [0.15, 0.2) is 0 Å². The molecule has 0 aliphatic rings. The van der Waals surface area contributed by atoms with Crippen molar-refractivity contribution in [3.63, 3.8) is 0 Å². The maximum atomic E-state index is 14.1. The van der Waals surface area contributed by atoms with Gasteiger partial charge in [-0.2, -0.15) is 0 Å². The number of rotatable bonds is 7. The minimum Gasteiger partial charge on any atom is -0.323 e. The maximum Gasteiger partial charge on any atom is 0.366 e. The Balaban J connectivity index is 6.79. The Morgan fingerprint density at radius 3 is 1.00 bits per heavy atom. The molecule has 0 rings (SSSR count). The normalized spacial score (nSPS) is 15.0. The van der Waals surface area contributed by atoms with Crippen LogP contribution in [0.25, 0.3) is 0 Å². The fraction of sp³-hybridized carbons (Fsp3) is 0.944. The van der Waals surface area contributed by atoms with Crippen LogP contribution in [-0.2, 0) is 27.2 Å². The Morgan fingerprint density at radius 1 is 0.655 bits per heavy atom. The zero-order valence-corrected chi connectivity index (χ0v) is 22.5. The van der Waals surface area contributed by atoms with Crippen LogP contribution in [0.2, 0.25) is 0 Å². The van der Waals surface area contributed by atoms with Gasteiger partial charge in [-0.3, -0.25) is 13.9 Å². The number of carbonyl (C=O) groups is 1. The summed E-state index contributed by atoms with van der Waals surface area (Å²) in [5.41, 5.74) is -5.52. The molecule has 0 aromatic rings. The molecule has 11 heteroatoms. The van der Waals surface area contributed by atoms with Crippen LogP contribution in [0, 0.1) is 0 Å². The van der Waals surface area contributed by atoms with Gasteiger partial charge in [0, 0.05) is 0 Å². The highest BCUT2D eigenvalue weighted by atomic mass is 32.1. The Morgan fingerprint density at radius 2 is 0.862 bits per heavy atom. The van der Waals surface area contributed by atoms with E-state index in [0.29, 0.717) is 0 Å². The van der Waals surface area contributed by atoms with Gasteiger partial charge in [0.25, 0.3) is 5.24 Å². The van der Waals surface area contributed by atoms with Crippen LogP contribution in [0.3, 0.4) is 0 Å². The summed E-state index contributed by atoms with van der Waals surface area (Å²) in [5.74, 6) is 0. The molecule has 1 N–H and O–H groups in total. The molecule has 1 amide bonds. The third-order valence-electron chi connectivity index (χ3n) is 2.46. The summed E-state index contributed by atoms with van der Waals surface area (Å²) >= 11 is 3.73. The molecule has 0 radical (unpaired) electrons. The molecule has 0 aromatic heterocycles. The molecule has 0 atom stereocenters. The molecule has 0 bridgehead atoms. The first-order chi connectivity index (χ1) is 12.4. The standard InChI is InChI=1S/C18H39NO7P2S/c1-15(2,3)23-27(21,24-16(4,5)6)14(19-13(20)29)28(22,25-17(7,8)9)26-18(10,11)12/h14H,1-12H3,(H2,19,20,29). The summed E-state index contributed by atoms with van der Waals surface area (Å²) in [6, 6.07) is 0. The highest BCUT2D eigenvalue weighted by Gasteiger charge is 2.57. The Labute approximate surface area is 181 Å². The highest BCUT2D eigenvalue weighted by Crippen LogP contribution is 2.73. The largest absolute Gasteiger partial charge is 0.366 e. The predicted molar refractivity (Wildman–Crippen MR) is 120 cm³/mol. The third kappa shape index (κ3) is 11.9. The molecule has 0 saturated carbocycles. The van der Waals surface area contributed by atoms with Crippen molar-refractivity contribution in [3.05, 3.63) is 0 Å². The lowest BCUT2D eigenvalue weighted by molar-refractivity contribution is 0.0331. The summed E-state index contributed by atoms with van der Waals surface area (Å²) in [6.45, 7) is 20.1. The molecular formula is C18H39NO7P2S. The minimum atomic E-state index is -4.31. The first kappa shape index (κ1) is 29.1. The van der Waals surface area contributed by atoms with E-state index in [0.717, 1.165) is 0 Å². The van der Waals surface area contributed by atoms with Crippen LogP contribution in [0.5, 0.6) is 0 Å². The summed E-state index contributed by atoms with van der Waals surface area (Å²) in [5, 5.41) is 1.48. The summed E-state index contributed by atoms with van der Waals surface area (Å²) in [7, 11) is -8.63. The molecule has 0 fully saturated rings. The number of carbonyl (C=O) groups excluding carboxylic acids is 1. The summed E-state index contributed by atoms with van der Waals surface area (Å²) in [6.07, 6.45) is 0. The van der Waals surface area contributed by atoms with Gasteiger partial charge in [-0.15, -0.1) is 0 Å². The van der Waals surface area contributed by atoms with E-state index >= 15 is 0 Å². The Hall–Kier alpha value is 0.120. The lowest BCUT2D eigenvalue weighted by Gasteiger charge is -2.41. The SMILES string of the molecule is CC(C)(C)OP(=O)(OC(C)(C)C)C(NC(=O)S)P(=O)(OC(C)(C)C)OC(C)(C)C. The van der Waals surface area contributed by atoms with Crippen LogP contribution in [0.1, 0.15) is 83.1 Å². The van der Waals surface area contributed by atoms with Crippen LogP contribution >= 0.6 is 27.8 Å². The van der Waals surface area contributed by atoms with E-state index in [-0.39, 0.29) is 0 Å². The van der Waals surface area contributed by atoms with Crippen molar-refractivity contribution in [2.75, 3.05) is 0 Å². The molecule has 29 heavy (non-hydrogen) atoms. The lowest BCUT2D eigenvalue weighted by atomic mass is 10.2. The van der Waals surface area contributed by atoms with Gasteiger partial charge in [-0.1, -0.05) is 12.6 Å². The minimum absolute atomic E-state index is 0.875. The lowest BCUT2D eigenvalue weighted by Crippen LogP contribution is -2.40. The van der Waals surface area contributed by atoms with Gasteiger partial charge in [-0.25, -0.2) is 0 Å². The Kier molecular flexibility index (Phi) is 9.35. The molecule has 8 nitrogen and oxygen atoms in total. The number of thiol groups is 1. The Bertz CT molecular complexity index is 580. The predicted octanol–water partition coefficient (Wildman–Crippen LogP) is 6.56. The van der Waals surface area contributed by atoms with Crippen LogP contribution in [-0.4, -0.2) is 33.2 Å². The van der Waals surface area contributed by atoms with Crippen LogP contribution < -0.4 is 5.32 Å². The van der Waals surface area contributed by atoms with Gasteiger partial charge in [0.1, 0.15) is 0 Å². The van der Waals surface area contributed by atoms with Crippen molar-refractivity contribution in [3.8, 4) is 0 Å². The monoisotopic (exact) mass is 475 g/mol. The van der Waals surface area contributed by atoms with Crippen molar-refractivity contribution in [2.45, 2.75) is 111 Å². The number of hydrogen-bond acceptors (Lipinski definition) is 7. The van der Waals surface area contributed by atoms with Crippen LogP contribution in [0.15, 0.2) is 0 Å². The first-order valence-corrected chi connectivity index (χ1v) is 13.1. The molecular weight excluding hydrogens is 436 g/mol. The van der Waals surface area contributed by atoms with Gasteiger partial charge in [0.05, 0.1) is 22.4 Å². The van der Waals surface area contributed by atoms with Gasteiger partial charge < -0.3 is 23.4 Å². The zero-order chi connectivity index (χ0) is 23.7. The van der Waals surface area contributed by atoms with E-state index in [1.54, 1.807) is 83.1 Å². The van der Waals surface area contributed by atoms with Gasteiger partial charge >= 0.3 is 15.2 Å². The van der Waals surface area contributed by atoms with Crippen molar-refractivity contribution in [1.29, 1.82) is 0 Å². The second-order valence-electron chi connectivity index (χ2n) is 10.7. The fourth-order valence-corrected chi connectivity index (χ4v) is 8.57. The summed E-state index contributed by atoms with van der Waals surface area (Å²) < 4.78 is 51.3. The first-order valence-electron chi connectivity index (χ1n) is 9.39. The van der Waals surface area contributed by atoms with Crippen molar-refractivity contribution in [2.24, 2.45) is 0 Å². The van der Waals surface area contributed by atoms with E-state index in [9.17, 15) is 13.9 Å². The number of hydrogen-bond donors (Lipinski definition) is 2. The fourth-order valence-electron chi connectivity index (χ4n) is 2.21. The molecule has 0 unspecified atom stereocenters. The van der Waals surface area contributed by atoms with Gasteiger partial charge in [-0.05, 0) is 83.1 Å². The van der Waals surface area contributed by atoms with E-state index in [1.807, 2.05) is 0 Å². The quantitative estimate of drug-likeness (QED) is 0.318. The second kappa shape index (κ2) is 9.32. The smallest absolute Gasteiger partial charge is 0.323 e. The maximum absolute atomic E-state index is 14.1. The van der Waals surface area contributed by atoms with E-state index in [4.69, 9.17) is 18.1 Å². The topological polar surface area (TPSA) is 100 Å². The molecule has 0 saturated heterocycles. The molecule has 0 aliphatic heterocycles. The molecule has 174 valence electrons. The number of amides is 1. The molecule has 0 aromatic carbocycles. The van der Waals surface area contributed by atoms with Crippen LogP contribution in [0.4, 0.5) is 4.79 Å².